The zero-order valence-electron chi connectivity index (χ0n) is 23.6. The molecule has 210 valence electrons. The molecule has 0 bridgehead atoms. The molecule has 1 atom stereocenters. The second-order valence-corrected chi connectivity index (χ2v) is 12.2. The number of para-hydroxylation sites is 2. The van der Waals surface area contributed by atoms with E-state index >= 15 is 0 Å². The molecule has 39 heavy (non-hydrogen) atoms. The first-order chi connectivity index (χ1) is 18.5. The van der Waals surface area contributed by atoms with E-state index in [4.69, 9.17) is 9.47 Å². The van der Waals surface area contributed by atoms with Crippen molar-refractivity contribution in [2.24, 2.45) is 0 Å². The summed E-state index contributed by atoms with van der Waals surface area (Å²) in [4.78, 5) is 14.5. The predicted molar refractivity (Wildman–Crippen MR) is 159 cm³/mol. The number of thioether (sulfide) groups is 1. The fraction of sp³-hybridized carbons (Fsp3) is 0.367. The molecule has 0 aliphatic heterocycles. The average molecular weight is 571 g/mol. The summed E-state index contributed by atoms with van der Waals surface area (Å²) in [6, 6.07) is 17.2. The van der Waals surface area contributed by atoms with Gasteiger partial charge in [0.2, 0.25) is 5.91 Å². The van der Waals surface area contributed by atoms with Crippen molar-refractivity contribution in [3.8, 4) is 11.5 Å². The van der Waals surface area contributed by atoms with Crippen LogP contribution in [0, 0.1) is 6.92 Å². The minimum Gasteiger partial charge on any atom is -0.496 e. The zero-order valence-corrected chi connectivity index (χ0v) is 25.3. The van der Waals surface area contributed by atoms with Gasteiger partial charge in [0.05, 0.1) is 30.3 Å². The van der Waals surface area contributed by atoms with Gasteiger partial charge in [-0.15, -0.1) is 11.8 Å². The van der Waals surface area contributed by atoms with E-state index in [2.05, 4.69) is 25.2 Å². The molecule has 0 saturated carbocycles. The summed E-state index contributed by atoms with van der Waals surface area (Å²) in [5.74, 6) is 0.995. The molecule has 0 fully saturated rings. The Bertz CT molecular complexity index is 1390. The van der Waals surface area contributed by atoms with Gasteiger partial charge in [-0.2, -0.15) is 0 Å². The highest BCUT2D eigenvalue weighted by molar-refractivity contribution is 7.98. The normalized spacial score (nSPS) is 12.2. The summed E-state index contributed by atoms with van der Waals surface area (Å²) in [7, 11) is -2.44. The molecule has 3 rings (SSSR count). The molecule has 0 aliphatic rings. The van der Waals surface area contributed by atoms with Gasteiger partial charge in [-0.1, -0.05) is 26.0 Å². The number of hydrogen-bond acceptors (Lipinski definition) is 6. The number of aryl methyl sites for hydroxylation is 1. The maximum absolute atomic E-state index is 13.9. The Morgan fingerprint density at radius 3 is 2.26 bits per heavy atom. The Hall–Kier alpha value is -3.17. The SMILES string of the molecule is CCOc1ccccc1N(CC(=O)NC(C)c1cc(C(C)C)c(OC)cc1C)S(=O)(=O)c1ccc(SC)cc1. The standard InChI is InChI=1S/C30H38N2O5S2/c1-8-37-28-12-10-9-11-27(28)32(39(34,35)24-15-13-23(38-7)14-16-24)19-30(33)31-22(5)26-18-25(20(2)3)29(36-6)17-21(26)4/h9-18,20,22H,8,19H2,1-7H3,(H,31,33). The topological polar surface area (TPSA) is 84.9 Å². The molecule has 0 radical (unpaired) electrons. The molecule has 1 unspecified atom stereocenters. The van der Waals surface area contributed by atoms with E-state index in [1.54, 1.807) is 55.6 Å². The van der Waals surface area contributed by atoms with E-state index < -0.39 is 22.5 Å². The first kappa shape index (κ1) is 30.4. The fourth-order valence-corrected chi connectivity index (χ4v) is 6.26. The molecule has 0 aromatic heterocycles. The van der Waals surface area contributed by atoms with Gasteiger partial charge in [0.1, 0.15) is 18.0 Å². The van der Waals surface area contributed by atoms with Crippen molar-refractivity contribution in [1.82, 2.24) is 5.32 Å². The van der Waals surface area contributed by atoms with Gasteiger partial charge in [0, 0.05) is 4.90 Å². The van der Waals surface area contributed by atoms with Crippen LogP contribution in [0.1, 0.15) is 56.3 Å². The van der Waals surface area contributed by atoms with Gasteiger partial charge in [-0.3, -0.25) is 9.10 Å². The highest BCUT2D eigenvalue weighted by Gasteiger charge is 2.30. The number of nitrogens with zero attached hydrogens (tertiary/aromatic N) is 1. The van der Waals surface area contributed by atoms with Crippen molar-refractivity contribution in [3.05, 3.63) is 77.4 Å². The maximum Gasteiger partial charge on any atom is 0.264 e. The van der Waals surface area contributed by atoms with Gasteiger partial charge in [0.15, 0.2) is 0 Å². The Morgan fingerprint density at radius 1 is 1.00 bits per heavy atom. The number of carbonyl (C=O) groups excluding carboxylic acids is 1. The number of nitrogens with one attached hydrogen (secondary N) is 1. The number of benzene rings is 3. The molecule has 1 amide bonds. The van der Waals surface area contributed by atoms with Crippen LogP contribution in [0.3, 0.4) is 0 Å². The molecule has 0 heterocycles. The number of rotatable bonds is 12. The first-order valence-electron chi connectivity index (χ1n) is 12.9. The van der Waals surface area contributed by atoms with Crippen molar-refractivity contribution in [2.45, 2.75) is 56.4 Å². The Balaban J connectivity index is 1.97. The molecule has 3 aromatic rings. The quantitative estimate of drug-likeness (QED) is 0.257. The third-order valence-electron chi connectivity index (χ3n) is 6.45. The molecule has 0 aliphatic carbocycles. The van der Waals surface area contributed by atoms with E-state index in [1.165, 1.54) is 11.8 Å². The van der Waals surface area contributed by atoms with E-state index in [1.807, 2.05) is 33.1 Å². The Morgan fingerprint density at radius 2 is 1.67 bits per heavy atom. The van der Waals surface area contributed by atoms with Gasteiger partial charge < -0.3 is 14.8 Å². The lowest BCUT2D eigenvalue weighted by molar-refractivity contribution is -0.120. The summed E-state index contributed by atoms with van der Waals surface area (Å²) in [5.41, 5.74) is 3.27. The molecular formula is C30H38N2O5S2. The van der Waals surface area contributed by atoms with Crippen LogP contribution in [0.2, 0.25) is 0 Å². The number of anilines is 1. The lowest BCUT2D eigenvalue weighted by Crippen LogP contribution is -2.41. The van der Waals surface area contributed by atoms with E-state index in [0.29, 0.717) is 18.0 Å². The van der Waals surface area contributed by atoms with Crippen LogP contribution in [-0.4, -0.2) is 40.8 Å². The highest BCUT2D eigenvalue weighted by atomic mass is 32.2. The van der Waals surface area contributed by atoms with Gasteiger partial charge >= 0.3 is 0 Å². The largest absolute Gasteiger partial charge is 0.496 e. The molecule has 0 spiro atoms. The number of hydrogen-bond donors (Lipinski definition) is 1. The van der Waals surface area contributed by atoms with Crippen molar-refractivity contribution in [2.75, 3.05) is 30.8 Å². The minimum atomic E-state index is -4.08. The second-order valence-electron chi connectivity index (χ2n) is 9.48. The molecular weight excluding hydrogens is 532 g/mol. The number of methoxy groups -OCH3 is 1. The molecule has 7 nitrogen and oxygen atoms in total. The van der Waals surface area contributed by atoms with Crippen LogP contribution < -0.4 is 19.1 Å². The third-order valence-corrected chi connectivity index (χ3v) is 8.97. The van der Waals surface area contributed by atoms with Crippen LogP contribution >= 0.6 is 11.8 Å². The minimum absolute atomic E-state index is 0.0972. The Kier molecular flexibility index (Phi) is 10.3. The molecule has 3 aromatic carbocycles. The van der Waals surface area contributed by atoms with Gasteiger partial charge in [0.25, 0.3) is 10.0 Å². The van der Waals surface area contributed by atoms with Crippen molar-refractivity contribution in [3.63, 3.8) is 0 Å². The predicted octanol–water partition coefficient (Wildman–Crippen LogP) is 6.32. The average Bonchev–Trinajstić information content (AvgIpc) is 2.91. The lowest BCUT2D eigenvalue weighted by atomic mass is 9.93. The fourth-order valence-electron chi connectivity index (χ4n) is 4.42. The summed E-state index contributed by atoms with van der Waals surface area (Å²) < 4.78 is 40.2. The zero-order chi connectivity index (χ0) is 28.7. The van der Waals surface area contributed by atoms with Crippen LogP contribution in [0.5, 0.6) is 11.5 Å². The monoisotopic (exact) mass is 570 g/mol. The van der Waals surface area contributed by atoms with E-state index in [-0.39, 0.29) is 16.9 Å². The van der Waals surface area contributed by atoms with Crippen LogP contribution in [0.4, 0.5) is 5.69 Å². The first-order valence-corrected chi connectivity index (χ1v) is 15.6. The Labute approximate surface area is 237 Å². The maximum atomic E-state index is 13.9. The van der Waals surface area contributed by atoms with Crippen LogP contribution in [0.15, 0.2) is 70.5 Å². The number of amides is 1. The molecule has 9 heteroatoms. The summed E-state index contributed by atoms with van der Waals surface area (Å²) >= 11 is 1.52. The number of sulfonamides is 1. The second kappa shape index (κ2) is 13.3. The molecule has 0 saturated heterocycles. The van der Waals surface area contributed by atoms with Gasteiger partial charge in [-0.25, -0.2) is 8.42 Å². The summed E-state index contributed by atoms with van der Waals surface area (Å²) in [6.07, 6.45) is 1.92. The smallest absolute Gasteiger partial charge is 0.264 e. The van der Waals surface area contributed by atoms with E-state index in [0.717, 1.165) is 31.6 Å². The van der Waals surface area contributed by atoms with Crippen LogP contribution in [-0.2, 0) is 14.8 Å². The van der Waals surface area contributed by atoms with Gasteiger partial charge in [-0.05, 0) is 98.2 Å². The summed E-state index contributed by atoms with van der Waals surface area (Å²) in [6.45, 7) is 9.81. The highest BCUT2D eigenvalue weighted by Crippen LogP contribution is 2.34. The number of carbonyl (C=O) groups is 1. The third kappa shape index (κ3) is 7.08. The van der Waals surface area contributed by atoms with Crippen molar-refractivity contribution in [1.29, 1.82) is 0 Å². The van der Waals surface area contributed by atoms with Crippen molar-refractivity contribution >= 4 is 33.4 Å². The van der Waals surface area contributed by atoms with Crippen molar-refractivity contribution < 1.29 is 22.7 Å². The molecule has 1 N–H and O–H groups in total. The number of ether oxygens (including phenoxy) is 2. The van der Waals surface area contributed by atoms with Crippen LogP contribution in [0.25, 0.3) is 0 Å². The van der Waals surface area contributed by atoms with E-state index in [9.17, 15) is 13.2 Å². The lowest BCUT2D eigenvalue weighted by Gasteiger charge is -2.27. The summed E-state index contributed by atoms with van der Waals surface area (Å²) in [5, 5.41) is 3.00.